The van der Waals surface area contributed by atoms with Crippen molar-refractivity contribution in [3.63, 3.8) is 0 Å². The highest BCUT2D eigenvalue weighted by Gasteiger charge is 2.36. The van der Waals surface area contributed by atoms with E-state index in [2.05, 4.69) is 15.3 Å². The van der Waals surface area contributed by atoms with Crippen molar-refractivity contribution in [3.05, 3.63) is 95.2 Å². The van der Waals surface area contributed by atoms with Crippen LogP contribution in [0.3, 0.4) is 0 Å². The van der Waals surface area contributed by atoms with Crippen molar-refractivity contribution in [2.24, 2.45) is 0 Å². The van der Waals surface area contributed by atoms with E-state index in [1.54, 1.807) is 6.07 Å². The summed E-state index contributed by atoms with van der Waals surface area (Å²) in [6, 6.07) is 21.0. The number of nitrogens with one attached hydrogen (secondary N) is 1. The Morgan fingerprint density at radius 3 is 2.49 bits per heavy atom. The largest absolute Gasteiger partial charge is 0.325 e. The van der Waals surface area contributed by atoms with Gasteiger partial charge in [0.05, 0.1) is 29.9 Å². The third-order valence-corrected chi connectivity index (χ3v) is 8.80. The molecule has 0 atom stereocenters. The quantitative estimate of drug-likeness (QED) is 0.261. The number of hydrogen-bond donors (Lipinski definition) is 1. The van der Waals surface area contributed by atoms with Crippen LogP contribution in [0.1, 0.15) is 22.3 Å². The Balaban J connectivity index is 1.40. The molecule has 4 aromatic rings. The van der Waals surface area contributed by atoms with Gasteiger partial charge in [-0.05, 0) is 49.6 Å². The van der Waals surface area contributed by atoms with Crippen LogP contribution in [0.25, 0.3) is 11.3 Å². The standard InChI is InChI=1S/C28H26N4O3S2/c1-18-9-12-21(13-10-18)16-32-24-7-5-4-6-22(24)27-25(37(32,34)35)15-29-28(31-27)36-17-26(33)30-23-14-19(2)8-11-20(23)3/h4-15H,16-17H2,1-3H3,(H,30,33). The van der Waals surface area contributed by atoms with Crippen LogP contribution in [0, 0.1) is 20.8 Å². The minimum atomic E-state index is -3.88. The molecule has 0 saturated carbocycles. The smallest absolute Gasteiger partial charge is 0.268 e. The maximum absolute atomic E-state index is 13.7. The Morgan fingerprint density at radius 1 is 0.973 bits per heavy atom. The van der Waals surface area contributed by atoms with Gasteiger partial charge in [0.15, 0.2) is 5.16 Å². The first-order chi connectivity index (χ1) is 17.7. The normalized spacial score (nSPS) is 13.5. The predicted molar refractivity (Wildman–Crippen MR) is 147 cm³/mol. The highest BCUT2D eigenvalue weighted by molar-refractivity contribution is 7.99. The van der Waals surface area contributed by atoms with Crippen LogP contribution in [0.5, 0.6) is 0 Å². The number of anilines is 2. The molecular formula is C28H26N4O3S2. The zero-order chi connectivity index (χ0) is 26.2. The number of nitrogens with zero attached hydrogens (tertiary/aromatic N) is 3. The molecule has 3 aromatic carbocycles. The van der Waals surface area contributed by atoms with Crippen LogP contribution in [-0.4, -0.2) is 30.0 Å². The van der Waals surface area contributed by atoms with Gasteiger partial charge in [0.25, 0.3) is 10.0 Å². The molecule has 188 valence electrons. The van der Waals surface area contributed by atoms with Crippen molar-refractivity contribution in [2.75, 3.05) is 15.4 Å². The molecule has 1 amide bonds. The molecule has 0 saturated heterocycles. The molecule has 0 aliphatic carbocycles. The Morgan fingerprint density at radius 2 is 1.70 bits per heavy atom. The number of aryl methyl sites for hydroxylation is 3. The summed E-state index contributed by atoms with van der Waals surface area (Å²) in [5, 5.41) is 3.27. The Hall–Kier alpha value is -3.69. The molecule has 5 rings (SSSR count). The number of sulfonamides is 1. The Labute approximate surface area is 221 Å². The summed E-state index contributed by atoms with van der Waals surface area (Å²) in [5.74, 6) is -0.0857. The number of aromatic nitrogens is 2. The van der Waals surface area contributed by atoms with Crippen molar-refractivity contribution >= 4 is 39.1 Å². The minimum absolute atomic E-state index is 0.0579. The maximum atomic E-state index is 13.7. The lowest BCUT2D eigenvalue weighted by atomic mass is 10.1. The zero-order valence-corrected chi connectivity index (χ0v) is 22.4. The van der Waals surface area contributed by atoms with Gasteiger partial charge in [-0.15, -0.1) is 0 Å². The summed E-state index contributed by atoms with van der Waals surface area (Å²) in [6.07, 6.45) is 1.35. The first-order valence-corrected chi connectivity index (χ1v) is 14.2. The fourth-order valence-corrected chi connectivity index (χ4v) is 6.34. The first-order valence-electron chi connectivity index (χ1n) is 11.8. The fraction of sp³-hybridized carbons (Fsp3) is 0.179. The van der Waals surface area contributed by atoms with E-state index in [1.165, 1.54) is 22.3 Å². The number of thioether (sulfide) groups is 1. The van der Waals surface area contributed by atoms with Gasteiger partial charge < -0.3 is 5.32 Å². The third-order valence-electron chi connectivity index (χ3n) is 6.18. The molecule has 0 fully saturated rings. The average molecular weight is 531 g/mol. The van der Waals surface area contributed by atoms with E-state index in [4.69, 9.17) is 0 Å². The topological polar surface area (TPSA) is 92.3 Å². The number of carbonyl (C=O) groups is 1. The molecular weight excluding hydrogens is 504 g/mol. The molecule has 1 aromatic heterocycles. The maximum Gasteiger partial charge on any atom is 0.268 e. The van der Waals surface area contributed by atoms with Crippen LogP contribution >= 0.6 is 11.8 Å². The van der Waals surface area contributed by atoms with E-state index in [-0.39, 0.29) is 23.1 Å². The monoisotopic (exact) mass is 530 g/mol. The number of carbonyl (C=O) groups excluding carboxylic acids is 1. The van der Waals surface area contributed by atoms with E-state index >= 15 is 0 Å². The lowest BCUT2D eigenvalue weighted by molar-refractivity contribution is -0.113. The van der Waals surface area contributed by atoms with Crippen LogP contribution in [0.15, 0.2) is 83.0 Å². The second-order valence-electron chi connectivity index (χ2n) is 9.04. The van der Waals surface area contributed by atoms with Gasteiger partial charge >= 0.3 is 0 Å². The molecule has 1 N–H and O–H groups in total. The van der Waals surface area contributed by atoms with Crippen LogP contribution < -0.4 is 9.62 Å². The number of fused-ring (bicyclic) bond motifs is 3. The van der Waals surface area contributed by atoms with Crippen molar-refractivity contribution in [1.82, 2.24) is 9.97 Å². The summed E-state index contributed by atoms with van der Waals surface area (Å²) >= 11 is 1.17. The summed E-state index contributed by atoms with van der Waals surface area (Å²) in [4.78, 5) is 21.5. The van der Waals surface area contributed by atoms with E-state index < -0.39 is 10.0 Å². The molecule has 37 heavy (non-hydrogen) atoms. The van der Waals surface area contributed by atoms with E-state index in [0.717, 1.165) is 27.9 Å². The van der Waals surface area contributed by atoms with E-state index in [9.17, 15) is 13.2 Å². The summed E-state index contributed by atoms with van der Waals surface area (Å²) in [7, 11) is -3.88. The van der Waals surface area contributed by atoms with Gasteiger partial charge in [-0.1, -0.05) is 71.9 Å². The SMILES string of the molecule is Cc1ccc(CN2c3ccccc3-c3nc(SCC(=O)Nc4cc(C)ccc4C)ncc3S2(=O)=O)cc1. The van der Waals surface area contributed by atoms with E-state index in [1.807, 2.05) is 81.4 Å². The highest BCUT2D eigenvalue weighted by atomic mass is 32.2. The van der Waals surface area contributed by atoms with Gasteiger partial charge in [0.2, 0.25) is 5.91 Å². The third kappa shape index (κ3) is 5.10. The second-order valence-corrected chi connectivity index (χ2v) is 11.8. The molecule has 1 aliphatic rings. The average Bonchev–Trinajstić information content (AvgIpc) is 2.88. The minimum Gasteiger partial charge on any atom is -0.325 e. The number of para-hydroxylation sites is 1. The van der Waals surface area contributed by atoms with Gasteiger partial charge in [-0.25, -0.2) is 18.4 Å². The molecule has 0 spiro atoms. The summed E-state index contributed by atoms with van der Waals surface area (Å²) in [6.45, 7) is 6.11. The van der Waals surface area contributed by atoms with Gasteiger partial charge in [-0.3, -0.25) is 9.10 Å². The van der Waals surface area contributed by atoms with Gasteiger partial charge in [-0.2, -0.15) is 0 Å². The predicted octanol–water partition coefficient (Wildman–Crippen LogP) is 5.51. The fourth-order valence-electron chi connectivity index (χ4n) is 4.16. The Kier molecular flexibility index (Phi) is 6.74. The number of hydrogen-bond acceptors (Lipinski definition) is 6. The Bertz CT molecular complexity index is 1600. The zero-order valence-electron chi connectivity index (χ0n) is 20.7. The van der Waals surface area contributed by atoms with Crippen LogP contribution in [0.4, 0.5) is 11.4 Å². The molecule has 1 aliphatic heterocycles. The van der Waals surface area contributed by atoms with Crippen molar-refractivity contribution in [3.8, 4) is 11.3 Å². The van der Waals surface area contributed by atoms with E-state index in [0.29, 0.717) is 22.1 Å². The molecule has 0 radical (unpaired) electrons. The van der Waals surface area contributed by atoms with Gasteiger partial charge in [0.1, 0.15) is 4.90 Å². The second kappa shape index (κ2) is 9.99. The number of rotatable bonds is 6. The molecule has 2 heterocycles. The lowest BCUT2D eigenvalue weighted by Gasteiger charge is -2.31. The van der Waals surface area contributed by atoms with Crippen LogP contribution in [-0.2, 0) is 21.4 Å². The van der Waals surface area contributed by atoms with Crippen LogP contribution in [0.2, 0.25) is 0 Å². The molecule has 0 unspecified atom stereocenters. The summed E-state index contributed by atoms with van der Waals surface area (Å²) < 4.78 is 28.7. The van der Waals surface area contributed by atoms with Crippen molar-refractivity contribution in [1.29, 1.82) is 0 Å². The number of benzene rings is 3. The van der Waals surface area contributed by atoms with Crippen molar-refractivity contribution < 1.29 is 13.2 Å². The molecule has 0 bridgehead atoms. The first kappa shape index (κ1) is 25.0. The highest BCUT2D eigenvalue weighted by Crippen LogP contribution is 2.42. The molecule has 9 heteroatoms. The molecule has 7 nitrogen and oxygen atoms in total. The lowest BCUT2D eigenvalue weighted by Crippen LogP contribution is -2.34. The number of amides is 1. The van der Waals surface area contributed by atoms with Crippen molar-refractivity contribution in [2.45, 2.75) is 37.4 Å². The van der Waals surface area contributed by atoms with Gasteiger partial charge in [0, 0.05) is 11.3 Å². The summed E-state index contributed by atoms with van der Waals surface area (Å²) in [5.41, 5.74) is 6.43.